The molecule has 0 heterocycles. The van der Waals surface area contributed by atoms with Crippen LogP contribution in [0.4, 0.5) is 5.69 Å². The molecule has 3 nitrogen and oxygen atoms in total. The van der Waals surface area contributed by atoms with Gasteiger partial charge < -0.3 is 10.1 Å². The molecule has 0 aliphatic heterocycles. The maximum absolute atomic E-state index is 12.4. The molecule has 0 aliphatic carbocycles. The number of anilines is 1. The van der Waals surface area contributed by atoms with Crippen LogP contribution in [0, 0.1) is 20.8 Å². The van der Waals surface area contributed by atoms with E-state index in [1.165, 1.54) is 0 Å². The molecule has 3 heteroatoms. The van der Waals surface area contributed by atoms with E-state index in [4.69, 9.17) is 4.74 Å². The van der Waals surface area contributed by atoms with Gasteiger partial charge >= 0.3 is 0 Å². The van der Waals surface area contributed by atoms with Gasteiger partial charge in [0.1, 0.15) is 11.5 Å². The summed E-state index contributed by atoms with van der Waals surface area (Å²) in [6.45, 7) is 6.01. The van der Waals surface area contributed by atoms with Gasteiger partial charge in [-0.1, -0.05) is 24.3 Å². The Kier molecular flexibility index (Phi) is 4.85. The van der Waals surface area contributed by atoms with Crippen molar-refractivity contribution in [3.05, 3.63) is 89.0 Å². The number of amides is 1. The van der Waals surface area contributed by atoms with Crippen LogP contribution in [0.15, 0.2) is 66.7 Å². The molecule has 0 atom stereocenters. The molecule has 126 valence electrons. The fraction of sp³-hybridized carbons (Fsp3) is 0.136. The Morgan fingerprint density at radius 2 is 1.52 bits per heavy atom. The standard InChI is InChI=1S/C22H21NO2/c1-15-5-4-6-20(13-15)25-19-11-9-18(10-12-19)22(24)23-21-14-16(2)7-8-17(21)3/h4-14H,1-3H3,(H,23,24). The number of benzene rings is 3. The smallest absolute Gasteiger partial charge is 0.255 e. The van der Waals surface area contributed by atoms with E-state index in [0.717, 1.165) is 28.1 Å². The molecule has 1 N–H and O–H groups in total. The third-order valence-corrected chi connectivity index (χ3v) is 3.98. The first-order valence-electron chi connectivity index (χ1n) is 8.24. The zero-order valence-corrected chi connectivity index (χ0v) is 14.7. The average Bonchev–Trinajstić information content (AvgIpc) is 2.59. The largest absolute Gasteiger partial charge is 0.457 e. The second kappa shape index (κ2) is 7.22. The van der Waals surface area contributed by atoms with Crippen LogP contribution in [0.3, 0.4) is 0 Å². The van der Waals surface area contributed by atoms with Crippen LogP contribution in [-0.4, -0.2) is 5.91 Å². The first-order valence-corrected chi connectivity index (χ1v) is 8.24. The number of carbonyl (C=O) groups excluding carboxylic acids is 1. The molecule has 0 unspecified atom stereocenters. The van der Waals surface area contributed by atoms with E-state index < -0.39 is 0 Å². The topological polar surface area (TPSA) is 38.3 Å². The molecule has 25 heavy (non-hydrogen) atoms. The zero-order valence-electron chi connectivity index (χ0n) is 14.7. The van der Waals surface area contributed by atoms with E-state index in [-0.39, 0.29) is 5.91 Å². The normalized spacial score (nSPS) is 10.4. The fourth-order valence-corrected chi connectivity index (χ4v) is 2.55. The van der Waals surface area contributed by atoms with Gasteiger partial charge in [0.05, 0.1) is 0 Å². The Morgan fingerprint density at radius 1 is 0.800 bits per heavy atom. The lowest BCUT2D eigenvalue weighted by Crippen LogP contribution is -2.12. The molecule has 3 rings (SSSR count). The SMILES string of the molecule is Cc1cccc(Oc2ccc(C(=O)Nc3cc(C)ccc3C)cc2)c1. The summed E-state index contributed by atoms with van der Waals surface area (Å²) < 4.78 is 5.82. The molecule has 0 aliphatic rings. The lowest BCUT2D eigenvalue weighted by Gasteiger charge is -2.10. The molecule has 0 aromatic heterocycles. The highest BCUT2D eigenvalue weighted by Crippen LogP contribution is 2.23. The Labute approximate surface area is 148 Å². The molecule has 0 radical (unpaired) electrons. The van der Waals surface area contributed by atoms with Gasteiger partial charge in [-0.2, -0.15) is 0 Å². The first-order chi connectivity index (χ1) is 12.0. The maximum Gasteiger partial charge on any atom is 0.255 e. The van der Waals surface area contributed by atoms with Gasteiger partial charge in [0.2, 0.25) is 0 Å². The Balaban J connectivity index is 1.71. The average molecular weight is 331 g/mol. The summed E-state index contributed by atoms with van der Waals surface area (Å²) in [5.74, 6) is 1.36. The first kappa shape index (κ1) is 16.8. The van der Waals surface area contributed by atoms with Crippen molar-refractivity contribution in [1.82, 2.24) is 0 Å². The molecule has 0 bridgehead atoms. The van der Waals surface area contributed by atoms with Gasteiger partial charge in [-0.25, -0.2) is 0 Å². The summed E-state index contributed by atoms with van der Waals surface area (Å²) >= 11 is 0. The van der Waals surface area contributed by atoms with Gasteiger partial charge in [0.15, 0.2) is 0 Å². The molecule has 0 saturated heterocycles. The lowest BCUT2D eigenvalue weighted by atomic mass is 10.1. The summed E-state index contributed by atoms with van der Waals surface area (Å²) in [5.41, 5.74) is 4.73. The highest BCUT2D eigenvalue weighted by atomic mass is 16.5. The van der Waals surface area contributed by atoms with Gasteiger partial charge in [0.25, 0.3) is 5.91 Å². The number of hydrogen-bond acceptors (Lipinski definition) is 2. The van der Waals surface area contributed by atoms with Crippen LogP contribution in [0.2, 0.25) is 0 Å². The predicted molar refractivity (Wildman–Crippen MR) is 102 cm³/mol. The second-order valence-corrected chi connectivity index (χ2v) is 6.22. The quantitative estimate of drug-likeness (QED) is 0.670. The van der Waals surface area contributed by atoms with Crippen LogP contribution < -0.4 is 10.1 Å². The molecular formula is C22H21NO2. The van der Waals surface area contributed by atoms with Gasteiger partial charge in [-0.15, -0.1) is 0 Å². The van der Waals surface area contributed by atoms with Crippen molar-refractivity contribution in [2.45, 2.75) is 20.8 Å². The van der Waals surface area contributed by atoms with Gasteiger partial charge in [0, 0.05) is 11.3 Å². The maximum atomic E-state index is 12.4. The summed E-state index contributed by atoms with van der Waals surface area (Å²) in [6, 6.07) is 21.0. The minimum Gasteiger partial charge on any atom is -0.457 e. The fourth-order valence-electron chi connectivity index (χ4n) is 2.55. The number of ether oxygens (including phenoxy) is 1. The number of nitrogens with one attached hydrogen (secondary N) is 1. The highest BCUT2D eigenvalue weighted by Gasteiger charge is 2.08. The van der Waals surface area contributed by atoms with E-state index in [2.05, 4.69) is 5.32 Å². The van der Waals surface area contributed by atoms with E-state index in [1.54, 1.807) is 24.3 Å². The molecule has 1 amide bonds. The van der Waals surface area contributed by atoms with Crippen LogP contribution in [0.1, 0.15) is 27.0 Å². The van der Waals surface area contributed by atoms with Crippen molar-refractivity contribution in [3.8, 4) is 11.5 Å². The summed E-state index contributed by atoms with van der Waals surface area (Å²) in [7, 11) is 0. The molecule has 0 saturated carbocycles. The minimum atomic E-state index is -0.129. The van der Waals surface area contributed by atoms with E-state index in [9.17, 15) is 4.79 Å². The third-order valence-electron chi connectivity index (χ3n) is 3.98. The molecular weight excluding hydrogens is 310 g/mol. The Hall–Kier alpha value is -3.07. The number of aryl methyl sites for hydroxylation is 3. The zero-order chi connectivity index (χ0) is 17.8. The van der Waals surface area contributed by atoms with E-state index in [1.807, 2.05) is 63.2 Å². The van der Waals surface area contributed by atoms with Crippen molar-refractivity contribution < 1.29 is 9.53 Å². The second-order valence-electron chi connectivity index (χ2n) is 6.22. The summed E-state index contributed by atoms with van der Waals surface area (Å²) in [5, 5.41) is 2.96. The van der Waals surface area contributed by atoms with Gasteiger partial charge in [-0.05, 0) is 79.9 Å². The summed E-state index contributed by atoms with van der Waals surface area (Å²) in [4.78, 5) is 12.4. The number of hydrogen-bond donors (Lipinski definition) is 1. The lowest BCUT2D eigenvalue weighted by molar-refractivity contribution is 0.102. The van der Waals surface area contributed by atoms with Crippen molar-refractivity contribution in [2.24, 2.45) is 0 Å². The molecule has 3 aromatic rings. The monoisotopic (exact) mass is 331 g/mol. The van der Waals surface area contributed by atoms with E-state index in [0.29, 0.717) is 11.3 Å². The van der Waals surface area contributed by atoms with Crippen LogP contribution in [0.25, 0.3) is 0 Å². The number of rotatable bonds is 4. The molecule has 3 aromatic carbocycles. The van der Waals surface area contributed by atoms with Crippen LogP contribution in [0.5, 0.6) is 11.5 Å². The number of carbonyl (C=O) groups is 1. The minimum absolute atomic E-state index is 0.129. The van der Waals surface area contributed by atoms with Crippen molar-refractivity contribution in [3.63, 3.8) is 0 Å². The third kappa shape index (κ3) is 4.27. The van der Waals surface area contributed by atoms with Crippen LogP contribution >= 0.6 is 0 Å². The highest BCUT2D eigenvalue weighted by molar-refractivity contribution is 6.04. The van der Waals surface area contributed by atoms with E-state index >= 15 is 0 Å². The molecule has 0 spiro atoms. The Morgan fingerprint density at radius 3 is 2.24 bits per heavy atom. The van der Waals surface area contributed by atoms with Crippen molar-refractivity contribution >= 4 is 11.6 Å². The van der Waals surface area contributed by atoms with Crippen LogP contribution in [-0.2, 0) is 0 Å². The van der Waals surface area contributed by atoms with Gasteiger partial charge in [-0.3, -0.25) is 4.79 Å². The van der Waals surface area contributed by atoms with Crippen molar-refractivity contribution in [1.29, 1.82) is 0 Å². The predicted octanol–water partition coefficient (Wildman–Crippen LogP) is 5.66. The van der Waals surface area contributed by atoms with Crippen molar-refractivity contribution in [2.75, 3.05) is 5.32 Å². The molecule has 0 fully saturated rings. The Bertz CT molecular complexity index is 898. The summed E-state index contributed by atoms with van der Waals surface area (Å²) in [6.07, 6.45) is 0.